The number of benzene rings is 1. The van der Waals surface area contributed by atoms with Gasteiger partial charge in [0.25, 0.3) is 0 Å². The van der Waals surface area contributed by atoms with Gasteiger partial charge in [0.1, 0.15) is 17.5 Å². The van der Waals surface area contributed by atoms with E-state index in [9.17, 15) is 21.6 Å². The lowest BCUT2D eigenvalue weighted by Crippen LogP contribution is -2.28. The fourth-order valence-corrected chi connectivity index (χ4v) is 2.44. The fraction of sp³-hybridized carbons (Fsp3) is 0.0833. The summed E-state index contributed by atoms with van der Waals surface area (Å²) in [4.78, 5) is 7.43. The number of nitriles is 1. The van der Waals surface area contributed by atoms with Gasteiger partial charge in [-0.05, 0) is 18.2 Å². The third-order valence-electron chi connectivity index (χ3n) is 2.75. The Morgan fingerprint density at radius 2 is 1.88 bits per heavy atom. The first-order valence-corrected chi connectivity index (χ1v) is 7.88. The van der Waals surface area contributed by atoms with Gasteiger partial charge < -0.3 is 15.7 Å². The summed E-state index contributed by atoms with van der Waals surface area (Å²) in [6.07, 6.45) is 0. The van der Waals surface area contributed by atoms with Gasteiger partial charge in [0.15, 0.2) is 5.75 Å². The van der Waals surface area contributed by atoms with Crippen molar-refractivity contribution in [3.63, 3.8) is 0 Å². The maximum absolute atomic E-state index is 12.3. The van der Waals surface area contributed by atoms with E-state index in [-0.39, 0.29) is 28.6 Å². The van der Waals surface area contributed by atoms with Gasteiger partial charge in [-0.2, -0.15) is 31.8 Å². The van der Waals surface area contributed by atoms with E-state index in [2.05, 4.69) is 14.2 Å². The molecule has 4 N–H and O–H groups in total. The monoisotopic (exact) mass is 393 g/mol. The first-order chi connectivity index (χ1) is 11.5. The zero-order valence-corrected chi connectivity index (χ0v) is 13.4. The number of anilines is 2. The van der Waals surface area contributed by atoms with Crippen LogP contribution in [0.4, 0.5) is 24.9 Å². The van der Waals surface area contributed by atoms with Gasteiger partial charge in [-0.15, -0.1) is 0 Å². The van der Waals surface area contributed by atoms with E-state index in [0.29, 0.717) is 0 Å². The number of nitrogen functional groups attached to an aromatic ring is 2. The molecule has 0 radical (unpaired) electrons. The van der Waals surface area contributed by atoms with Crippen molar-refractivity contribution in [2.45, 2.75) is 5.51 Å². The maximum Gasteiger partial charge on any atom is 0.534 e. The van der Waals surface area contributed by atoms with Crippen molar-refractivity contribution in [1.29, 1.82) is 5.26 Å². The lowest BCUT2D eigenvalue weighted by atomic mass is 10.1. The molecule has 2 aromatic rings. The molecule has 13 heteroatoms. The summed E-state index contributed by atoms with van der Waals surface area (Å²) in [5.41, 5.74) is 5.36. The number of hydrogen-bond acceptors (Lipinski definition) is 8. The summed E-state index contributed by atoms with van der Waals surface area (Å²) in [6.45, 7) is 0. The summed E-state index contributed by atoms with van der Waals surface area (Å²) >= 11 is 5.76. The van der Waals surface area contributed by atoms with E-state index in [1.54, 1.807) is 6.07 Å². The molecule has 132 valence electrons. The lowest BCUT2D eigenvalue weighted by molar-refractivity contribution is -0.0500. The second-order valence-electron chi connectivity index (χ2n) is 4.43. The highest BCUT2D eigenvalue weighted by Gasteiger charge is 2.48. The number of rotatable bonds is 3. The van der Waals surface area contributed by atoms with Crippen molar-refractivity contribution < 1.29 is 25.8 Å². The molecule has 1 aromatic carbocycles. The molecule has 0 fully saturated rings. The number of halogens is 4. The Balaban J connectivity index is 2.51. The maximum atomic E-state index is 12.3. The van der Waals surface area contributed by atoms with Crippen LogP contribution in [0, 0.1) is 11.3 Å². The molecule has 0 amide bonds. The minimum absolute atomic E-state index is 0.0281. The molecule has 1 heterocycles. The molecule has 25 heavy (non-hydrogen) atoms. The molecule has 2 rings (SSSR count). The lowest BCUT2D eigenvalue weighted by Gasteiger charge is -2.12. The van der Waals surface area contributed by atoms with Gasteiger partial charge in [0.2, 0.25) is 5.95 Å². The zero-order valence-electron chi connectivity index (χ0n) is 11.9. The summed E-state index contributed by atoms with van der Waals surface area (Å²) in [6, 6.07) is 4.81. The number of hydrogen-bond donors (Lipinski definition) is 2. The van der Waals surface area contributed by atoms with Crippen LogP contribution in [-0.2, 0) is 10.1 Å². The van der Waals surface area contributed by atoms with Crippen LogP contribution in [0.2, 0.25) is 5.02 Å². The molecule has 1 aromatic heterocycles. The molecule has 0 spiro atoms. The van der Waals surface area contributed by atoms with Crippen molar-refractivity contribution in [3.05, 3.63) is 28.8 Å². The van der Waals surface area contributed by atoms with Crippen LogP contribution in [0.5, 0.6) is 5.75 Å². The molecule has 0 bridgehead atoms. The molecule has 0 atom stereocenters. The van der Waals surface area contributed by atoms with Crippen LogP contribution in [0.15, 0.2) is 18.2 Å². The van der Waals surface area contributed by atoms with E-state index in [0.717, 1.165) is 18.2 Å². The summed E-state index contributed by atoms with van der Waals surface area (Å²) < 4.78 is 63.0. The van der Waals surface area contributed by atoms with E-state index >= 15 is 0 Å². The van der Waals surface area contributed by atoms with Gasteiger partial charge in [0, 0.05) is 5.56 Å². The molecule has 0 aliphatic heterocycles. The Morgan fingerprint density at radius 3 is 2.40 bits per heavy atom. The minimum Gasteiger partial charge on any atom is -0.382 e. The first kappa shape index (κ1) is 18.6. The largest absolute Gasteiger partial charge is 0.534 e. The highest BCUT2D eigenvalue weighted by Crippen LogP contribution is 2.35. The van der Waals surface area contributed by atoms with Gasteiger partial charge >= 0.3 is 15.6 Å². The average molecular weight is 394 g/mol. The molecule has 0 unspecified atom stereocenters. The Labute approximate surface area is 143 Å². The normalized spacial score (nSPS) is 11.8. The molecule has 0 saturated carbocycles. The van der Waals surface area contributed by atoms with Crippen LogP contribution >= 0.6 is 11.6 Å². The van der Waals surface area contributed by atoms with Crippen LogP contribution in [0.25, 0.3) is 11.3 Å². The minimum atomic E-state index is -5.88. The molecule has 0 aliphatic carbocycles. The second-order valence-corrected chi connectivity index (χ2v) is 6.38. The molecule has 0 saturated heterocycles. The van der Waals surface area contributed by atoms with Gasteiger partial charge in [-0.1, -0.05) is 11.6 Å². The fourth-order valence-electron chi connectivity index (χ4n) is 1.70. The van der Waals surface area contributed by atoms with Crippen molar-refractivity contribution >= 4 is 33.5 Å². The van der Waals surface area contributed by atoms with Crippen LogP contribution < -0.4 is 15.7 Å². The van der Waals surface area contributed by atoms with Crippen LogP contribution in [0.3, 0.4) is 0 Å². The zero-order chi connectivity index (χ0) is 19.0. The summed E-state index contributed by atoms with van der Waals surface area (Å²) in [7, 11) is -5.88. The molecular formula is C12H7ClF3N5O3S. The summed E-state index contributed by atoms with van der Waals surface area (Å²) in [5, 5.41) is 8.64. The summed E-state index contributed by atoms with van der Waals surface area (Å²) in [5.74, 6) is -1.21. The van der Waals surface area contributed by atoms with E-state index in [1.165, 1.54) is 0 Å². The SMILES string of the molecule is N#Cc1c(N)nc(N)nc1-c1ccc(OS(=O)(=O)C(F)(F)F)c(Cl)c1. The van der Waals surface area contributed by atoms with Crippen molar-refractivity contribution in [2.75, 3.05) is 11.5 Å². The Bertz CT molecular complexity index is 989. The molecule has 0 aliphatic rings. The number of aromatic nitrogens is 2. The first-order valence-electron chi connectivity index (χ1n) is 6.10. The molecule has 8 nitrogen and oxygen atoms in total. The number of alkyl halides is 3. The van der Waals surface area contributed by atoms with E-state index < -0.39 is 26.4 Å². The molecular weight excluding hydrogens is 387 g/mol. The average Bonchev–Trinajstić information content (AvgIpc) is 2.47. The van der Waals surface area contributed by atoms with Gasteiger partial charge in [-0.25, -0.2) is 4.98 Å². The Morgan fingerprint density at radius 1 is 1.24 bits per heavy atom. The highest BCUT2D eigenvalue weighted by molar-refractivity contribution is 7.88. The van der Waals surface area contributed by atoms with Gasteiger partial charge in [0.05, 0.1) is 10.7 Å². The van der Waals surface area contributed by atoms with Gasteiger partial charge in [-0.3, -0.25) is 0 Å². The predicted molar refractivity (Wildman–Crippen MR) is 81.6 cm³/mol. The van der Waals surface area contributed by atoms with Crippen molar-refractivity contribution in [3.8, 4) is 23.1 Å². The van der Waals surface area contributed by atoms with Crippen molar-refractivity contribution in [1.82, 2.24) is 9.97 Å². The van der Waals surface area contributed by atoms with Crippen LogP contribution in [-0.4, -0.2) is 23.9 Å². The van der Waals surface area contributed by atoms with E-state index in [4.69, 9.17) is 28.3 Å². The standard InChI is InChI=1S/C12H7ClF3N5O3S/c13-7-3-5(9-6(4-17)10(18)21-11(19)20-9)1-2-8(7)24-25(22,23)12(14,15)16/h1-3H,(H4,18,19,20,21). The third kappa shape index (κ3) is 3.67. The predicted octanol–water partition coefficient (Wildman–Crippen LogP) is 2.06. The third-order valence-corrected chi connectivity index (χ3v) is 4.02. The Hall–Kier alpha value is -2.78. The van der Waals surface area contributed by atoms with Crippen LogP contribution in [0.1, 0.15) is 5.56 Å². The van der Waals surface area contributed by atoms with E-state index in [1.807, 2.05) is 0 Å². The smallest absolute Gasteiger partial charge is 0.382 e. The number of nitrogens with zero attached hydrogens (tertiary/aromatic N) is 3. The quantitative estimate of drug-likeness (QED) is 0.595. The highest BCUT2D eigenvalue weighted by atomic mass is 35.5. The van der Waals surface area contributed by atoms with Crippen molar-refractivity contribution in [2.24, 2.45) is 0 Å². The second kappa shape index (κ2) is 6.26. The topological polar surface area (TPSA) is 145 Å². The Kier molecular flexibility index (Phi) is 4.65. The number of nitrogens with two attached hydrogens (primary N) is 2.